The first-order valence-corrected chi connectivity index (χ1v) is 10.7. The number of hydrogen-bond acceptors (Lipinski definition) is 5. The topological polar surface area (TPSA) is 66.7 Å². The van der Waals surface area contributed by atoms with Crippen molar-refractivity contribution in [2.45, 2.75) is 51.4 Å². The van der Waals surface area contributed by atoms with E-state index in [1.807, 2.05) is 37.3 Å². The lowest BCUT2D eigenvalue weighted by Gasteiger charge is -2.49. The first-order chi connectivity index (χ1) is 14.9. The molecule has 1 unspecified atom stereocenters. The number of carbonyl (C=O) groups is 1. The number of azo groups is 1. The molecule has 3 heterocycles. The summed E-state index contributed by atoms with van der Waals surface area (Å²) in [5.41, 5.74) is 3.30. The summed E-state index contributed by atoms with van der Waals surface area (Å²) in [7, 11) is 0. The van der Waals surface area contributed by atoms with E-state index in [9.17, 15) is 4.79 Å². The zero-order chi connectivity index (χ0) is 21.8. The van der Waals surface area contributed by atoms with Crippen molar-refractivity contribution in [2.24, 2.45) is 15.6 Å². The van der Waals surface area contributed by atoms with Crippen LogP contribution in [0.2, 0.25) is 0 Å². The Bertz CT molecular complexity index is 1150. The Balaban J connectivity index is 1.77. The summed E-state index contributed by atoms with van der Waals surface area (Å²) in [4.78, 5) is 17.6. The predicted molar refractivity (Wildman–Crippen MR) is 117 cm³/mol. The number of allylic oxidation sites excluding steroid dienone is 2. The van der Waals surface area contributed by atoms with Crippen molar-refractivity contribution in [1.82, 2.24) is 10.3 Å². The Morgan fingerprint density at radius 2 is 1.94 bits per heavy atom. The number of halogens is 1. The number of rotatable bonds is 3. The van der Waals surface area contributed by atoms with Crippen LogP contribution in [0.4, 0.5) is 4.39 Å². The third-order valence-corrected chi connectivity index (χ3v) is 6.89. The van der Waals surface area contributed by atoms with E-state index in [0.717, 1.165) is 22.3 Å². The number of benzene rings is 1. The molecule has 0 fully saturated rings. The summed E-state index contributed by atoms with van der Waals surface area (Å²) in [6.45, 7) is 5.66. The molecule has 0 bridgehead atoms. The standard InChI is InChI=1S/C25H25FN4O/c1-4-25(17-7-5-6-16(12-17)15-8-10-27-11-9-15)18-14-28-30-23(18)29-21-20(25)19(31)13-24(2,3)22(21)26/h5-12,14,22-23,29H,4,13H2,1-3H3/t22-,23?,25-/m0/s1. The summed E-state index contributed by atoms with van der Waals surface area (Å²) < 4.78 is 15.7. The van der Waals surface area contributed by atoms with Gasteiger partial charge in [0.05, 0.1) is 17.3 Å². The predicted octanol–water partition coefficient (Wildman–Crippen LogP) is 5.27. The van der Waals surface area contributed by atoms with Gasteiger partial charge in [-0.25, -0.2) is 4.39 Å². The fraction of sp³-hybridized carbons (Fsp3) is 0.360. The second-order valence-corrected chi connectivity index (χ2v) is 9.18. The molecule has 0 spiro atoms. The van der Waals surface area contributed by atoms with Gasteiger partial charge in [0, 0.05) is 35.4 Å². The molecule has 5 rings (SSSR count). The average Bonchev–Trinajstić information content (AvgIpc) is 3.25. The van der Waals surface area contributed by atoms with Crippen molar-refractivity contribution < 1.29 is 9.18 Å². The average molecular weight is 417 g/mol. The van der Waals surface area contributed by atoms with Crippen LogP contribution in [0.5, 0.6) is 0 Å². The molecule has 2 aromatic rings. The van der Waals surface area contributed by atoms with Gasteiger partial charge in [0.15, 0.2) is 11.9 Å². The number of ketones is 1. The molecule has 0 amide bonds. The third kappa shape index (κ3) is 2.81. The van der Waals surface area contributed by atoms with E-state index in [1.54, 1.807) is 32.4 Å². The first kappa shape index (κ1) is 19.8. The summed E-state index contributed by atoms with van der Waals surface area (Å²) in [5.74, 6) is -0.0104. The molecule has 0 radical (unpaired) electrons. The van der Waals surface area contributed by atoms with E-state index in [-0.39, 0.29) is 12.2 Å². The largest absolute Gasteiger partial charge is 0.359 e. The molecule has 1 aromatic heterocycles. The van der Waals surface area contributed by atoms with E-state index < -0.39 is 23.2 Å². The van der Waals surface area contributed by atoms with E-state index in [4.69, 9.17) is 0 Å². The zero-order valence-electron chi connectivity index (χ0n) is 17.9. The Hall–Kier alpha value is -3.15. The van der Waals surface area contributed by atoms with Crippen LogP contribution in [0.1, 0.15) is 39.2 Å². The number of aromatic nitrogens is 1. The molecular formula is C25H25FN4O. The number of nitrogens with zero attached hydrogens (tertiary/aromatic N) is 3. The van der Waals surface area contributed by atoms with Gasteiger partial charge in [-0.3, -0.25) is 9.78 Å². The van der Waals surface area contributed by atoms with Gasteiger partial charge in [0.1, 0.15) is 6.17 Å². The van der Waals surface area contributed by atoms with Gasteiger partial charge < -0.3 is 5.32 Å². The fourth-order valence-corrected chi connectivity index (χ4v) is 5.31. The van der Waals surface area contributed by atoms with Crippen LogP contribution in [0.3, 0.4) is 0 Å². The molecule has 1 aromatic carbocycles. The number of carbonyl (C=O) groups excluding carboxylic acids is 1. The lowest BCUT2D eigenvalue weighted by molar-refractivity contribution is -0.120. The lowest BCUT2D eigenvalue weighted by atomic mass is 9.58. The van der Waals surface area contributed by atoms with Crippen LogP contribution in [0.15, 0.2) is 82.1 Å². The monoisotopic (exact) mass is 416 g/mol. The molecule has 0 saturated heterocycles. The van der Waals surface area contributed by atoms with Crippen LogP contribution >= 0.6 is 0 Å². The number of alkyl halides is 1. The molecule has 1 N–H and O–H groups in total. The molecular weight excluding hydrogens is 391 g/mol. The Labute approximate surface area is 181 Å². The molecule has 5 nitrogen and oxygen atoms in total. The van der Waals surface area contributed by atoms with Gasteiger partial charge in [-0.05, 0) is 41.3 Å². The highest BCUT2D eigenvalue weighted by atomic mass is 19.1. The van der Waals surface area contributed by atoms with Crippen LogP contribution < -0.4 is 5.32 Å². The Kier molecular flexibility index (Phi) is 4.43. The van der Waals surface area contributed by atoms with Gasteiger partial charge >= 0.3 is 0 Å². The van der Waals surface area contributed by atoms with Gasteiger partial charge in [-0.15, -0.1) is 0 Å². The molecule has 6 heteroatoms. The number of pyridine rings is 1. The molecule has 2 aliphatic heterocycles. The summed E-state index contributed by atoms with van der Waals surface area (Å²) in [6.07, 6.45) is 4.32. The Morgan fingerprint density at radius 1 is 1.16 bits per heavy atom. The van der Waals surface area contributed by atoms with Crippen molar-refractivity contribution in [2.75, 3.05) is 0 Å². The highest BCUT2D eigenvalue weighted by molar-refractivity contribution is 6.02. The Morgan fingerprint density at radius 3 is 2.68 bits per heavy atom. The molecule has 31 heavy (non-hydrogen) atoms. The van der Waals surface area contributed by atoms with Crippen molar-refractivity contribution in [3.8, 4) is 11.1 Å². The third-order valence-electron chi connectivity index (χ3n) is 6.89. The van der Waals surface area contributed by atoms with Gasteiger partial charge in [0.2, 0.25) is 0 Å². The second-order valence-electron chi connectivity index (χ2n) is 9.18. The van der Waals surface area contributed by atoms with E-state index in [0.29, 0.717) is 17.7 Å². The number of Topliss-reactive ketones (excluding diaryl/α,β-unsaturated/α-hetero) is 1. The van der Waals surface area contributed by atoms with Crippen LogP contribution in [0, 0.1) is 5.41 Å². The maximum atomic E-state index is 15.7. The van der Waals surface area contributed by atoms with Crippen LogP contribution in [0.25, 0.3) is 11.1 Å². The van der Waals surface area contributed by atoms with Gasteiger partial charge in [-0.1, -0.05) is 39.0 Å². The number of nitrogens with one attached hydrogen (secondary N) is 1. The summed E-state index contributed by atoms with van der Waals surface area (Å²) in [5, 5.41) is 11.7. The van der Waals surface area contributed by atoms with Gasteiger partial charge in [-0.2, -0.15) is 10.2 Å². The summed E-state index contributed by atoms with van der Waals surface area (Å²) in [6, 6.07) is 12.1. The molecule has 0 saturated carbocycles. The normalized spacial score (nSPS) is 28.6. The minimum absolute atomic E-state index is 0.0104. The second kappa shape index (κ2) is 6.94. The smallest absolute Gasteiger partial charge is 0.164 e. The van der Waals surface area contributed by atoms with E-state index in [2.05, 4.69) is 26.6 Å². The van der Waals surface area contributed by atoms with E-state index in [1.165, 1.54) is 0 Å². The van der Waals surface area contributed by atoms with Crippen molar-refractivity contribution in [1.29, 1.82) is 0 Å². The van der Waals surface area contributed by atoms with Crippen molar-refractivity contribution >= 4 is 5.78 Å². The number of fused-ring (bicyclic) bond motifs is 1. The highest BCUT2D eigenvalue weighted by Gasteiger charge is 2.56. The first-order valence-electron chi connectivity index (χ1n) is 10.7. The van der Waals surface area contributed by atoms with Gasteiger partial charge in [0.25, 0.3) is 0 Å². The van der Waals surface area contributed by atoms with Crippen molar-refractivity contribution in [3.63, 3.8) is 0 Å². The summed E-state index contributed by atoms with van der Waals surface area (Å²) >= 11 is 0. The zero-order valence-corrected chi connectivity index (χ0v) is 17.9. The molecule has 3 aliphatic rings. The quantitative estimate of drug-likeness (QED) is 0.742. The maximum Gasteiger partial charge on any atom is 0.164 e. The minimum Gasteiger partial charge on any atom is -0.359 e. The van der Waals surface area contributed by atoms with Crippen LogP contribution in [-0.4, -0.2) is 23.1 Å². The van der Waals surface area contributed by atoms with E-state index >= 15 is 4.39 Å². The molecule has 1 aliphatic carbocycles. The molecule has 158 valence electrons. The lowest BCUT2D eigenvalue weighted by Crippen LogP contribution is -2.55. The fourth-order valence-electron chi connectivity index (χ4n) is 5.31. The SMILES string of the molecule is CC[C@]1(c2cccc(-c3ccncc3)c2)C2=CN=NC2NC2=C1C(=O)CC(C)(C)[C@H]2F. The van der Waals surface area contributed by atoms with Crippen molar-refractivity contribution in [3.05, 3.63) is 77.4 Å². The minimum atomic E-state index is -1.27. The van der Waals surface area contributed by atoms with Crippen LogP contribution in [-0.2, 0) is 10.2 Å². The molecule has 3 atom stereocenters. The highest BCUT2D eigenvalue weighted by Crippen LogP contribution is 2.54. The maximum absolute atomic E-state index is 15.7. The number of hydrogen-bond donors (Lipinski definition) is 1.